The molecule has 1 saturated heterocycles. The molecule has 0 radical (unpaired) electrons. The fourth-order valence-corrected chi connectivity index (χ4v) is 4.31. The molecule has 1 fully saturated rings. The topological polar surface area (TPSA) is 53.1 Å². The van der Waals surface area contributed by atoms with Gasteiger partial charge >= 0.3 is 0 Å². The van der Waals surface area contributed by atoms with E-state index in [1.54, 1.807) is 53.3 Å². The lowest BCUT2D eigenvalue weighted by atomic mass is 10.00. The van der Waals surface area contributed by atoms with E-state index in [4.69, 9.17) is 4.74 Å². The zero-order valence-corrected chi connectivity index (χ0v) is 17.7. The van der Waals surface area contributed by atoms with Gasteiger partial charge in [-0.05, 0) is 55.7 Å². The summed E-state index contributed by atoms with van der Waals surface area (Å²) in [6.45, 7) is 4.37. The summed E-state index contributed by atoms with van der Waals surface area (Å²) < 4.78 is 19.8. The van der Waals surface area contributed by atoms with Gasteiger partial charge < -0.3 is 9.64 Å². The van der Waals surface area contributed by atoms with Crippen LogP contribution in [0.15, 0.2) is 36.4 Å². The van der Waals surface area contributed by atoms with Gasteiger partial charge in [0.25, 0.3) is 11.8 Å². The maximum Gasteiger partial charge on any atom is 0.269 e. The molecule has 2 aromatic carbocycles. The number of halogens is 1. The average Bonchev–Trinajstić information content (AvgIpc) is 3.17. The fourth-order valence-electron chi connectivity index (χ4n) is 4.31. The average molecular weight is 411 g/mol. The van der Waals surface area contributed by atoms with E-state index in [9.17, 15) is 14.0 Å². The molecule has 0 saturated carbocycles. The number of hydrogen-bond acceptors (Lipinski definition) is 4. The molecule has 7 heteroatoms. The van der Waals surface area contributed by atoms with Crippen molar-refractivity contribution in [1.82, 2.24) is 14.9 Å². The molecule has 4 rings (SSSR count). The lowest BCUT2D eigenvalue weighted by Crippen LogP contribution is -2.45. The molecule has 6 nitrogen and oxygen atoms in total. The molecule has 0 spiro atoms. The number of carbonyl (C=O) groups is 2. The predicted octanol–water partition coefficient (Wildman–Crippen LogP) is 3.77. The summed E-state index contributed by atoms with van der Waals surface area (Å²) in [5.74, 6) is -0.168. The second kappa shape index (κ2) is 7.72. The second-order valence-electron chi connectivity index (χ2n) is 8.10. The minimum atomic E-state index is -0.383. The van der Waals surface area contributed by atoms with Crippen molar-refractivity contribution in [2.24, 2.45) is 0 Å². The highest BCUT2D eigenvalue weighted by atomic mass is 19.1. The van der Waals surface area contributed by atoms with E-state index >= 15 is 0 Å². The number of nitrogens with zero attached hydrogens (tertiary/aromatic N) is 3. The number of rotatable bonds is 4. The minimum Gasteiger partial charge on any atom is -0.470 e. The van der Waals surface area contributed by atoms with Crippen LogP contribution in [0.5, 0.6) is 5.75 Å². The molecule has 0 bridgehead atoms. The summed E-state index contributed by atoms with van der Waals surface area (Å²) in [7, 11) is 3.55. The van der Waals surface area contributed by atoms with Crippen molar-refractivity contribution in [2.45, 2.75) is 39.0 Å². The van der Waals surface area contributed by atoms with E-state index < -0.39 is 0 Å². The van der Waals surface area contributed by atoms with E-state index in [0.717, 1.165) is 12.8 Å². The quantitative estimate of drug-likeness (QED) is 0.719. The van der Waals surface area contributed by atoms with Crippen molar-refractivity contribution in [3.63, 3.8) is 0 Å². The summed E-state index contributed by atoms with van der Waals surface area (Å²) in [4.78, 5) is 28.1. The van der Waals surface area contributed by atoms with Crippen LogP contribution in [-0.4, -0.2) is 53.6 Å². The maximum absolute atomic E-state index is 13.7. The number of fused-ring (bicyclic) bond motifs is 2. The molecule has 0 aromatic heterocycles. The molecule has 2 aromatic rings. The Balaban J connectivity index is 1.70. The Morgan fingerprint density at radius 3 is 2.73 bits per heavy atom. The van der Waals surface area contributed by atoms with Gasteiger partial charge in [-0.15, -0.1) is 0 Å². The van der Waals surface area contributed by atoms with E-state index in [2.05, 4.69) is 0 Å². The van der Waals surface area contributed by atoms with Crippen molar-refractivity contribution >= 4 is 11.8 Å². The van der Waals surface area contributed by atoms with E-state index in [0.29, 0.717) is 34.5 Å². The van der Waals surface area contributed by atoms with Crippen LogP contribution >= 0.6 is 0 Å². The highest BCUT2D eigenvalue weighted by Crippen LogP contribution is 2.35. The van der Waals surface area contributed by atoms with E-state index in [1.807, 2.05) is 13.8 Å². The minimum absolute atomic E-state index is 0.0431. The molecule has 0 aliphatic carbocycles. The third-order valence-corrected chi connectivity index (χ3v) is 5.85. The number of amides is 2. The van der Waals surface area contributed by atoms with Crippen LogP contribution in [0.3, 0.4) is 0 Å². The molecule has 0 unspecified atom stereocenters. The number of hydrazine groups is 1. The predicted molar refractivity (Wildman–Crippen MR) is 111 cm³/mol. The fraction of sp³-hybridized carbons (Fsp3) is 0.391. The van der Waals surface area contributed by atoms with Gasteiger partial charge in [0, 0.05) is 32.6 Å². The molecule has 30 heavy (non-hydrogen) atoms. The molecule has 2 amide bonds. The zero-order valence-electron chi connectivity index (χ0n) is 17.7. The van der Waals surface area contributed by atoms with Gasteiger partial charge in [-0.3, -0.25) is 14.6 Å². The number of aryl methyl sites for hydroxylation is 1. The van der Waals surface area contributed by atoms with Crippen LogP contribution in [0.25, 0.3) is 0 Å². The molecular weight excluding hydrogens is 385 g/mol. The van der Waals surface area contributed by atoms with Crippen molar-refractivity contribution in [2.75, 3.05) is 20.6 Å². The van der Waals surface area contributed by atoms with Crippen LogP contribution in [0, 0.1) is 12.7 Å². The van der Waals surface area contributed by atoms with Crippen molar-refractivity contribution < 1.29 is 18.7 Å². The van der Waals surface area contributed by atoms with Gasteiger partial charge in [-0.1, -0.05) is 12.1 Å². The summed E-state index contributed by atoms with van der Waals surface area (Å²) in [6, 6.07) is 9.28. The normalized spacial score (nSPS) is 18.7. The van der Waals surface area contributed by atoms with Crippen LogP contribution in [0.4, 0.5) is 4.39 Å². The molecule has 158 valence electrons. The lowest BCUT2D eigenvalue weighted by molar-refractivity contribution is -0.00175. The van der Waals surface area contributed by atoms with Gasteiger partial charge in [-0.2, -0.15) is 0 Å². The Morgan fingerprint density at radius 2 is 2.03 bits per heavy atom. The molecule has 2 atom stereocenters. The Kier molecular flexibility index (Phi) is 5.24. The van der Waals surface area contributed by atoms with Crippen LogP contribution in [0.2, 0.25) is 0 Å². The lowest BCUT2D eigenvalue weighted by Gasteiger charge is -2.36. The van der Waals surface area contributed by atoms with Gasteiger partial charge in [-0.25, -0.2) is 9.40 Å². The number of carbonyl (C=O) groups excluding carboxylic acids is 2. The van der Waals surface area contributed by atoms with E-state index in [1.165, 1.54) is 12.1 Å². The highest BCUT2D eigenvalue weighted by molar-refractivity contribution is 6.02. The molecule has 0 N–H and O–H groups in total. The SMILES string of the molecule is Cc1cc2c(cc1C(=O)N([C@H](C)c1cccc(F)c1)N(C)C)O[C@H]1CCCN1C2=O. The molecule has 2 aliphatic rings. The van der Waals surface area contributed by atoms with Crippen molar-refractivity contribution in [1.29, 1.82) is 0 Å². The van der Waals surface area contributed by atoms with Gasteiger partial charge in [0.2, 0.25) is 0 Å². The Hall–Kier alpha value is -2.93. The van der Waals surface area contributed by atoms with Gasteiger partial charge in [0.1, 0.15) is 11.6 Å². The highest BCUT2D eigenvalue weighted by Gasteiger charge is 2.38. The summed E-state index contributed by atoms with van der Waals surface area (Å²) in [5.41, 5.74) is 2.36. The van der Waals surface area contributed by atoms with Crippen LogP contribution in [0.1, 0.15) is 57.7 Å². The first-order chi connectivity index (χ1) is 14.3. The van der Waals surface area contributed by atoms with Crippen LogP contribution < -0.4 is 4.74 Å². The smallest absolute Gasteiger partial charge is 0.269 e. The van der Waals surface area contributed by atoms with Gasteiger partial charge in [0.15, 0.2) is 6.23 Å². The van der Waals surface area contributed by atoms with Crippen LogP contribution in [-0.2, 0) is 0 Å². The second-order valence-corrected chi connectivity index (χ2v) is 8.10. The summed E-state index contributed by atoms with van der Waals surface area (Å²) >= 11 is 0. The monoisotopic (exact) mass is 411 g/mol. The molecular formula is C23H26FN3O3. The largest absolute Gasteiger partial charge is 0.470 e. The first-order valence-corrected chi connectivity index (χ1v) is 10.2. The third kappa shape index (κ3) is 3.43. The Labute approximate surface area is 175 Å². The number of hydrogen-bond donors (Lipinski definition) is 0. The van der Waals surface area contributed by atoms with Crippen molar-refractivity contribution in [3.8, 4) is 5.75 Å². The van der Waals surface area contributed by atoms with Crippen molar-refractivity contribution in [3.05, 3.63) is 64.5 Å². The standard InChI is InChI=1S/C23H26FN3O3/c1-14-11-19-20(30-21-9-6-10-26(21)22(19)28)13-18(14)23(29)27(25(3)4)15(2)16-7-5-8-17(24)12-16/h5,7-8,11-13,15,21H,6,9-10H2,1-4H3/t15-,21+/m1/s1. The van der Waals surface area contributed by atoms with E-state index in [-0.39, 0.29) is 29.9 Å². The Morgan fingerprint density at radius 1 is 1.27 bits per heavy atom. The third-order valence-electron chi connectivity index (χ3n) is 5.85. The first-order valence-electron chi connectivity index (χ1n) is 10.2. The van der Waals surface area contributed by atoms with Gasteiger partial charge in [0.05, 0.1) is 11.6 Å². The summed E-state index contributed by atoms with van der Waals surface area (Å²) in [6.07, 6.45) is 1.45. The number of ether oxygens (including phenoxy) is 1. The molecule has 2 aliphatic heterocycles. The molecule has 2 heterocycles. The maximum atomic E-state index is 13.7. The first kappa shape index (κ1) is 20.3. The zero-order chi connectivity index (χ0) is 21.6. The Bertz CT molecular complexity index is 1010. The number of benzene rings is 2. The summed E-state index contributed by atoms with van der Waals surface area (Å²) in [5, 5.41) is 3.28.